The number of hydrogen-bond donors (Lipinski definition) is 1. The molecule has 4 nitrogen and oxygen atoms in total. The van der Waals surface area contributed by atoms with Gasteiger partial charge >= 0.3 is 12.3 Å². The molecule has 156 valence electrons. The van der Waals surface area contributed by atoms with Crippen LogP contribution in [0, 0.1) is 0 Å². The Balaban J connectivity index is 1.85. The highest BCUT2D eigenvalue weighted by molar-refractivity contribution is 5.70. The Morgan fingerprint density at radius 2 is 2.00 bits per heavy atom. The van der Waals surface area contributed by atoms with Gasteiger partial charge in [0.2, 0.25) is 0 Å². The van der Waals surface area contributed by atoms with Crippen LogP contribution in [-0.4, -0.2) is 23.2 Å². The number of nitrogens with zero attached hydrogens (tertiary/aromatic N) is 1. The van der Waals surface area contributed by atoms with Crippen LogP contribution in [-0.2, 0) is 17.3 Å². The molecule has 1 atom stereocenters. The van der Waals surface area contributed by atoms with Gasteiger partial charge in [-0.2, -0.15) is 13.2 Å². The molecule has 29 heavy (non-hydrogen) atoms. The number of alkyl halides is 3. The van der Waals surface area contributed by atoms with Crippen molar-refractivity contribution >= 4 is 6.09 Å². The number of amides is 1. The van der Waals surface area contributed by atoms with Crippen LogP contribution in [0.3, 0.4) is 0 Å². The molecule has 3 rings (SSSR count). The third kappa shape index (κ3) is 5.28. The number of fused-ring (bicyclic) bond motifs is 1. The van der Waals surface area contributed by atoms with Gasteiger partial charge in [-0.05, 0) is 74.4 Å². The number of ether oxygens (including phenoxy) is 1. The predicted octanol–water partition coefficient (Wildman–Crippen LogP) is 5.71. The Bertz CT molecular complexity index is 888. The summed E-state index contributed by atoms with van der Waals surface area (Å²) in [6.07, 6.45) is -1.16. The fourth-order valence-corrected chi connectivity index (χ4v) is 3.70. The number of halogens is 3. The summed E-state index contributed by atoms with van der Waals surface area (Å²) in [5.41, 5.74) is 1.93. The van der Waals surface area contributed by atoms with Crippen LogP contribution in [0.5, 0.6) is 0 Å². The van der Waals surface area contributed by atoms with Crippen LogP contribution in [0.25, 0.3) is 11.1 Å². The lowest BCUT2D eigenvalue weighted by Gasteiger charge is -2.28. The predicted molar refractivity (Wildman–Crippen MR) is 105 cm³/mol. The SMILES string of the molecule is CC(C)(C)OC(=O)NCC1CCCc2c(-c3ccnc(C(F)(F)F)c3)cccc21. The van der Waals surface area contributed by atoms with Crippen LogP contribution >= 0.6 is 0 Å². The molecule has 0 bridgehead atoms. The topological polar surface area (TPSA) is 51.2 Å². The van der Waals surface area contributed by atoms with Gasteiger partial charge in [0.1, 0.15) is 11.3 Å². The van der Waals surface area contributed by atoms with Gasteiger partial charge in [0.25, 0.3) is 0 Å². The fourth-order valence-electron chi connectivity index (χ4n) is 3.70. The molecule has 7 heteroatoms. The number of carbonyl (C=O) groups excluding carboxylic acids is 1. The number of aromatic nitrogens is 1. The minimum absolute atomic E-state index is 0.0927. The van der Waals surface area contributed by atoms with E-state index >= 15 is 0 Å². The highest BCUT2D eigenvalue weighted by atomic mass is 19.4. The fraction of sp³-hybridized carbons (Fsp3) is 0.455. The largest absolute Gasteiger partial charge is 0.444 e. The second kappa shape index (κ2) is 8.05. The van der Waals surface area contributed by atoms with Gasteiger partial charge in [-0.3, -0.25) is 4.98 Å². The third-order valence-electron chi connectivity index (χ3n) is 4.88. The molecular weight excluding hydrogens is 381 g/mol. The third-order valence-corrected chi connectivity index (χ3v) is 4.88. The highest BCUT2D eigenvalue weighted by Crippen LogP contribution is 2.38. The van der Waals surface area contributed by atoms with E-state index in [1.807, 2.05) is 18.2 Å². The molecule has 0 aliphatic heterocycles. The molecule has 0 saturated carbocycles. The van der Waals surface area contributed by atoms with E-state index in [0.29, 0.717) is 12.1 Å². The van der Waals surface area contributed by atoms with Crippen molar-refractivity contribution in [3.05, 3.63) is 53.3 Å². The van der Waals surface area contributed by atoms with Crippen molar-refractivity contribution in [2.24, 2.45) is 0 Å². The number of nitrogens with one attached hydrogen (secondary N) is 1. The van der Waals surface area contributed by atoms with Crippen LogP contribution in [0.2, 0.25) is 0 Å². The van der Waals surface area contributed by atoms with Crippen molar-refractivity contribution in [1.29, 1.82) is 0 Å². The van der Waals surface area contributed by atoms with E-state index in [4.69, 9.17) is 4.74 Å². The molecule has 1 aliphatic rings. The summed E-state index contributed by atoms with van der Waals surface area (Å²) in [7, 11) is 0. The van der Waals surface area contributed by atoms with Crippen molar-refractivity contribution in [2.45, 2.75) is 57.7 Å². The maximum atomic E-state index is 13.1. The summed E-state index contributed by atoms with van der Waals surface area (Å²) in [6, 6.07) is 8.39. The minimum atomic E-state index is -4.48. The van der Waals surface area contributed by atoms with Gasteiger partial charge in [-0.25, -0.2) is 4.79 Å². The molecule has 0 saturated heterocycles. The molecule has 1 amide bonds. The zero-order valence-electron chi connectivity index (χ0n) is 16.8. The summed E-state index contributed by atoms with van der Waals surface area (Å²) in [4.78, 5) is 15.4. The van der Waals surface area contributed by atoms with Crippen LogP contribution in [0.15, 0.2) is 36.5 Å². The Morgan fingerprint density at radius 1 is 1.24 bits per heavy atom. The van der Waals surface area contributed by atoms with Crippen molar-refractivity contribution in [3.8, 4) is 11.1 Å². The van der Waals surface area contributed by atoms with Crippen LogP contribution in [0.1, 0.15) is 56.4 Å². The van der Waals surface area contributed by atoms with Gasteiger partial charge in [0, 0.05) is 18.7 Å². The Morgan fingerprint density at radius 3 is 2.69 bits per heavy atom. The summed E-state index contributed by atoms with van der Waals surface area (Å²) >= 11 is 0. The molecule has 2 aromatic rings. The minimum Gasteiger partial charge on any atom is -0.444 e. The van der Waals surface area contributed by atoms with E-state index < -0.39 is 23.6 Å². The first-order valence-corrected chi connectivity index (χ1v) is 9.67. The van der Waals surface area contributed by atoms with Crippen molar-refractivity contribution in [1.82, 2.24) is 10.3 Å². The Hall–Kier alpha value is -2.57. The molecule has 1 N–H and O–H groups in total. The van der Waals surface area contributed by atoms with Crippen molar-refractivity contribution in [3.63, 3.8) is 0 Å². The lowest BCUT2D eigenvalue weighted by Crippen LogP contribution is -2.35. The van der Waals surface area contributed by atoms with Gasteiger partial charge in [0.15, 0.2) is 0 Å². The number of hydrogen-bond acceptors (Lipinski definition) is 3. The number of rotatable bonds is 3. The average Bonchev–Trinajstić information content (AvgIpc) is 2.64. The monoisotopic (exact) mass is 406 g/mol. The molecule has 0 radical (unpaired) electrons. The molecule has 1 aromatic heterocycles. The first kappa shape index (κ1) is 21.1. The maximum Gasteiger partial charge on any atom is 0.433 e. The summed E-state index contributed by atoms with van der Waals surface area (Å²) in [6.45, 7) is 5.84. The normalized spacial score (nSPS) is 16.8. The number of pyridine rings is 1. The Labute approximate surface area is 168 Å². The molecule has 1 heterocycles. The van der Waals surface area contributed by atoms with Gasteiger partial charge in [0.05, 0.1) is 0 Å². The lowest BCUT2D eigenvalue weighted by molar-refractivity contribution is -0.141. The highest BCUT2D eigenvalue weighted by Gasteiger charge is 2.33. The smallest absolute Gasteiger partial charge is 0.433 e. The molecule has 0 fully saturated rings. The first-order chi connectivity index (χ1) is 13.5. The van der Waals surface area contributed by atoms with Crippen molar-refractivity contribution in [2.75, 3.05) is 6.54 Å². The van der Waals surface area contributed by atoms with E-state index in [9.17, 15) is 18.0 Å². The summed E-state index contributed by atoms with van der Waals surface area (Å²) in [5.74, 6) is 0.0927. The van der Waals surface area contributed by atoms with E-state index in [-0.39, 0.29) is 5.92 Å². The summed E-state index contributed by atoms with van der Waals surface area (Å²) in [5, 5.41) is 2.82. The zero-order valence-corrected chi connectivity index (χ0v) is 16.8. The molecule has 0 spiro atoms. The average molecular weight is 406 g/mol. The van der Waals surface area contributed by atoms with E-state index in [1.54, 1.807) is 26.8 Å². The molecule has 1 unspecified atom stereocenters. The van der Waals surface area contributed by atoms with Crippen LogP contribution < -0.4 is 5.32 Å². The molecular formula is C22H25F3N2O2. The second-order valence-electron chi connectivity index (χ2n) is 8.27. The molecule has 1 aliphatic carbocycles. The van der Waals surface area contributed by atoms with Gasteiger partial charge in [-0.15, -0.1) is 0 Å². The maximum absolute atomic E-state index is 13.1. The van der Waals surface area contributed by atoms with E-state index in [2.05, 4.69) is 10.3 Å². The number of alkyl carbamates (subject to hydrolysis) is 1. The van der Waals surface area contributed by atoms with Crippen LogP contribution in [0.4, 0.5) is 18.0 Å². The Kier molecular flexibility index (Phi) is 5.87. The van der Waals surface area contributed by atoms with E-state index in [1.165, 1.54) is 6.20 Å². The number of carbonyl (C=O) groups is 1. The second-order valence-corrected chi connectivity index (χ2v) is 8.27. The van der Waals surface area contributed by atoms with E-state index in [0.717, 1.165) is 42.0 Å². The summed E-state index contributed by atoms with van der Waals surface area (Å²) < 4.78 is 44.5. The van der Waals surface area contributed by atoms with Gasteiger partial charge in [-0.1, -0.05) is 18.2 Å². The molecule has 1 aromatic carbocycles. The van der Waals surface area contributed by atoms with Gasteiger partial charge < -0.3 is 10.1 Å². The zero-order chi connectivity index (χ0) is 21.2. The lowest BCUT2D eigenvalue weighted by atomic mass is 9.79. The quantitative estimate of drug-likeness (QED) is 0.710. The first-order valence-electron chi connectivity index (χ1n) is 9.67. The number of benzene rings is 1. The standard InChI is InChI=1S/C22H25F3N2O2/c1-21(2,3)29-20(28)27-13-15-6-4-9-18-16(7-5-8-17(15)18)14-10-11-26-19(12-14)22(23,24)25/h5,7-8,10-12,15H,4,6,9,13H2,1-3H3,(H,27,28). The van der Waals surface area contributed by atoms with Crippen molar-refractivity contribution < 1.29 is 22.7 Å².